The highest BCUT2D eigenvalue weighted by molar-refractivity contribution is 7.80. The van der Waals surface area contributed by atoms with Crippen LogP contribution in [0.1, 0.15) is 11.3 Å². The van der Waals surface area contributed by atoms with Gasteiger partial charge >= 0.3 is 0 Å². The Hall–Kier alpha value is -2.53. The number of ether oxygens (including phenoxy) is 1. The minimum absolute atomic E-state index is 0.253. The first kappa shape index (κ1) is 13.5. The topological polar surface area (TPSA) is 61.0 Å². The van der Waals surface area contributed by atoms with E-state index in [4.69, 9.17) is 22.7 Å². The number of rotatable bonds is 3. The smallest absolute Gasteiger partial charge is 0.230 e. The summed E-state index contributed by atoms with van der Waals surface area (Å²) in [7, 11) is 0. The number of pyridine rings is 2. The van der Waals surface area contributed by atoms with Crippen LogP contribution in [-0.2, 0) is 0 Å². The van der Waals surface area contributed by atoms with Crippen LogP contribution in [-0.4, -0.2) is 15.0 Å². The van der Waals surface area contributed by atoms with Gasteiger partial charge in [-0.25, -0.2) is 4.98 Å². The first-order chi connectivity index (χ1) is 10.1. The molecule has 3 aromatic rings. The fraction of sp³-hybridized carbons (Fsp3) is 0.0625. The van der Waals surface area contributed by atoms with Crippen molar-refractivity contribution in [2.75, 3.05) is 0 Å². The quantitative estimate of drug-likeness (QED) is 0.751. The third-order valence-electron chi connectivity index (χ3n) is 3.05. The number of thiocarbonyl (C=S) groups is 1. The van der Waals surface area contributed by atoms with Gasteiger partial charge in [-0.1, -0.05) is 30.4 Å². The molecule has 5 heteroatoms. The summed E-state index contributed by atoms with van der Waals surface area (Å²) in [4.78, 5) is 8.94. The lowest BCUT2D eigenvalue weighted by atomic mass is 10.1. The Labute approximate surface area is 127 Å². The van der Waals surface area contributed by atoms with E-state index in [1.807, 2.05) is 49.4 Å². The SMILES string of the molecule is Cc1ccc(Oc2nc3ccccc3cc2C(N)=S)cn1. The summed E-state index contributed by atoms with van der Waals surface area (Å²) in [5.74, 6) is 0.993. The van der Waals surface area contributed by atoms with Crippen LogP contribution in [0, 0.1) is 6.92 Å². The second-order valence-electron chi connectivity index (χ2n) is 4.64. The molecule has 0 saturated carbocycles. The zero-order valence-electron chi connectivity index (χ0n) is 11.4. The van der Waals surface area contributed by atoms with Crippen molar-refractivity contribution in [3.8, 4) is 11.6 Å². The van der Waals surface area contributed by atoms with Crippen LogP contribution in [0.25, 0.3) is 10.9 Å². The van der Waals surface area contributed by atoms with Crippen molar-refractivity contribution in [3.63, 3.8) is 0 Å². The Bertz CT molecular complexity index is 815. The third kappa shape index (κ3) is 2.83. The Balaban J connectivity index is 2.09. The average molecular weight is 295 g/mol. The van der Waals surface area contributed by atoms with Crippen LogP contribution in [0.2, 0.25) is 0 Å². The lowest BCUT2D eigenvalue weighted by Gasteiger charge is -2.10. The van der Waals surface area contributed by atoms with Crippen molar-refractivity contribution < 1.29 is 4.74 Å². The van der Waals surface area contributed by atoms with Crippen molar-refractivity contribution in [2.45, 2.75) is 6.92 Å². The van der Waals surface area contributed by atoms with Gasteiger partial charge in [-0.05, 0) is 31.2 Å². The second kappa shape index (κ2) is 5.46. The maximum atomic E-state index is 5.79. The van der Waals surface area contributed by atoms with Gasteiger partial charge in [0.05, 0.1) is 17.3 Å². The van der Waals surface area contributed by atoms with Crippen LogP contribution < -0.4 is 10.5 Å². The maximum Gasteiger partial charge on any atom is 0.230 e. The molecule has 0 aliphatic carbocycles. The molecule has 104 valence electrons. The van der Waals surface area contributed by atoms with Gasteiger partial charge in [0.1, 0.15) is 10.7 Å². The van der Waals surface area contributed by atoms with Crippen molar-refractivity contribution in [1.82, 2.24) is 9.97 Å². The summed E-state index contributed by atoms with van der Waals surface area (Å²) in [6.07, 6.45) is 1.65. The lowest BCUT2D eigenvalue weighted by molar-refractivity contribution is 0.461. The monoisotopic (exact) mass is 295 g/mol. The summed E-state index contributed by atoms with van der Waals surface area (Å²) in [5, 5.41) is 0.967. The molecular formula is C16H13N3OS. The maximum absolute atomic E-state index is 5.79. The van der Waals surface area contributed by atoms with Gasteiger partial charge in [0, 0.05) is 11.1 Å². The number of para-hydroxylation sites is 1. The van der Waals surface area contributed by atoms with Crippen LogP contribution in [0.15, 0.2) is 48.7 Å². The Kier molecular flexibility index (Phi) is 3.50. The number of hydrogen-bond donors (Lipinski definition) is 1. The number of aromatic nitrogens is 2. The van der Waals surface area contributed by atoms with Crippen molar-refractivity contribution in [2.24, 2.45) is 5.73 Å². The molecule has 0 saturated heterocycles. The average Bonchev–Trinajstić information content (AvgIpc) is 2.48. The molecule has 0 fully saturated rings. The summed E-state index contributed by atoms with van der Waals surface area (Å²) < 4.78 is 5.79. The van der Waals surface area contributed by atoms with E-state index in [2.05, 4.69) is 9.97 Å². The molecule has 0 unspecified atom stereocenters. The first-order valence-corrected chi connectivity index (χ1v) is 6.84. The molecule has 2 aromatic heterocycles. The van der Waals surface area contributed by atoms with Crippen LogP contribution >= 0.6 is 12.2 Å². The van der Waals surface area contributed by atoms with Gasteiger partial charge in [0.25, 0.3) is 0 Å². The molecule has 2 N–H and O–H groups in total. The van der Waals surface area contributed by atoms with Crippen LogP contribution in [0.3, 0.4) is 0 Å². The fourth-order valence-corrected chi connectivity index (χ4v) is 2.13. The summed E-state index contributed by atoms with van der Waals surface area (Å²) in [5.41, 5.74) is 8.14. The van der Waals surface area contributed by atoms with Gasteiger partial charge in [-0.2, -0.15) is 0 Å². The molecule has 3 rings (SSSR count). The van der Waals surface area contributed by atoms with E-state index in [1.54, 1.807) is 6.20 Å². The second-order valence-corrected chi connectivity index (χ2v) is 5.08. The van der Waals surface area contributed by atoms with Crippen molar-refractivity contribution >= 4 is 28.1 Å². The molecular weight excluding hydrogens is 282 g/mol. The van der Waals surface area contributed by atoms with E-state index >= 15 is 0 Å². The molecule has 21 heavy (non-hydrogen) atoms. The van der Waals surface area contributed by atoms with Crippen LogP contribution in [0.4, 0.5) is 0 Å². The van der Waals surface area contributed by atoms with E-state index in [0.29, 0.717) is 17.2 Å². The zero-order chi connectivity index (χ0) is 14.8. The lowest BCUT2D eigenvalue weighted by Crippen LogP contribution is -2.11. The van der Waals surface area contributed by atoms with E-state index in [1.165, 1.54) is 0 Å². The molecule has 2 heterocycles. The summed E-state index contributed by atoms with van der Waals surface area (Å²) >= 11 is 5.09. The van der Waals surface area contributed by atoms with Gasteiger partial charge in [0.2, 0.25) is 5.88 Å². The van der Waals surface area contributed by atoms with Gasteiger partial charge in [-0.15, -0.1) is 0 Å². The van der Waals surface area contributed by atoms with Crippen molar-refractivity contribution in [1.29, 1.82) is 0 Å². The number of nitrogens with zero attached hydrogens (tertiary/aromatic N) is 2. The molecule has 4 nitrogen and oxygen atoms in total. The zero-order valence-corrected chi connectivity index (χ0v) is 12.2. The molecule has 0 amide bonds. The number of aryl methyl sites for hydroxylation is 1. The Morgan fingerprint density at radius 3 is 2.71 bits per heavy atom. The molecule has 0 aliphatic heterocycles. The van der Waals surface area contributed by atoms with E-state index in [9.17, 15) is 0 Å². The Morgan fingerprint density at radius 2 is 2.00 bits per heavy atom. The van der Waals surface area contributed by atoms with Crippen LogP contribution in [0.5, 0.6) is 11.6 Å². The molecule has 0 aliphatic rings. The highest BCUT2D eigenvalue weighted by Gasteiger charge is 2.11. The molecule has 0 spiro atoms. The minimum Gasteiger partial charge on any atom is -0.437 e. The predicted molar refractivity (Wildman–Crippen MR) is 86.7 cm³/mol. The van der Waals surface area contributed by atoms with E-state index in [-0.39, 0.29) is 4.99 Å². The normalized spacial score (nSPS) is 10.5. The number of nitrogens with two attached hydrogens (primary N) is 1. The number of hydrogen-bond acceptors (Lipinski definition) is 4. The molecule has 1 aromatic carbocycles. The predicted octanol–water partition coefficient (Wildman–Crippen LogP) is 3.36. The summed E-state index contributed by atoms with van der Waals surface area (Å²) in [6, 6.07) is 13.3. The van der Waals surface area contributed by atoms with Gasteiger partial charge in [0.15, 0.2) is 0 Å². The molecule has 0 radical (unpaired) electrons. The molecule has 0 bridgehead atoms. The summed E-state index contributed by atoms with van der Waals surface area (Å²) in [6.45, 7) is 1.92. The molecule has 0 atom stereocenters. The minimum atomic E-state index is 0.253. The van der Waals surface area contributed by atoms with E-state index < -0.39 is 0 Å². The van der Waals surface area contributed by atoms with Gasteiger partial charge < -0.3 is 10.5 Å². The standard InChI is InChI=1S/C16H13N3OS/c1-10-6-7-12(9-18-10)20-16-13(15(17)21)8-11-4-2-3-5-14(11)19-16/h2-9H,1H3,(H2,17,21). The third-order valence-corrected chi connectivity index (χ3v) is 3.27. The highest BCUT2D eigenvalue weighted by Crippen LogP contribution is 2.26. The van der Waals surface area contributed by atoms with Crippen molar-refractivity contribution in [3.05, 3.63) is 59.9 Å². The largest absolute Gasteiger partial charge is 0.437 e. The fourth-order valence-electron chi connectivity index (χ4n) is 1.98. The number of fused-ring (bicyclic) bond motifs is 1. The number of benzene rings is 1. The van der Waals surface area contributed by atoms with Gasteiger partial charge in [-0.3, -0.25) is 4.98 Å². The van der Waals surface area contributed by atoms with E-state index in [0.717, 1.165) is 16.6 Å². The first-order valence-electron chi connectivity index (χ1n) is 6.43. The Morgan fingerprint density at radius 1 is 1.19 bits per heavy atom. The highest BCUT2D eigenvalue weighted by atomic mass is 32.1.